The van der Waals surface area contributed by atoms with Gasteiger partial charge in [0.1, 0.15) is 11.6 Å². The molecule has 9 heteroatoms. The van der Waals surface area contributed by atoms with Gasteiger partial charge in [-0.05, 0) is 80.8 Å². The lowest BCUT2D eigenvalue weighted by Gasteiger charge is -2.42. The third kappa shape index (κ3) is 8.54. The zero-order valence-corrected chi connectivity index (χ0v) is 26.0. The summed E-state index contributed by atoms with van der Waals surface area (Å²) in [6.45, 7) is 7.50. The average molecular weight is 609 g/mol. The number of rotatable bonds is 16. The predicted molar refractivity (Wildman–Crippen MR) is 170 cm³/mol. The smallest absolute Gasteiger partial charge is 0.249 e. The molecule has 0 aliphatic heterocycles. The van der Waals surface area contributed by atoms with Crippen LogP contribution in [-0.2, 0) is 22.6 Å². The fraction of sp³-hybridized carbons (Fsp3) is 0.486. The summed E-state index contributed by atoms with van der Waals surface area (Å²) in [4.78, 5) is 28.9. The van der Waals surface area contributed by atoms with Crippen molar-refractivity contribution in [2.24, 2.45) is 17.1 Å². The van der Waals surface area contributed by atoms with Crippen LogP contribution in [0.1, 0.15) is 64.0 Å². The maximum Gasteiger partial charge on any atom is 0.249 e. The number of carbonyl (C=O) groups is 2. The fourth-order valence-corrected chi connectivity index (χ4v) is 6.30. The number of aliphatic hydroxyl groups excluding tert-OH is 1. The molecular formula is C35H46F2N4O3. The number of hydrogen-bond acceptors (Lipinski definition) is 5. The molecule has 1 fully saturated rings. The molecule has 0 spiro atoms. The lowest BCUT2D eigenvalue weighted by atomic mass is 9.63. The van der Waals surface area contributed by atoms with E-state index in [0.29, 0.717) is 36.8 Å². The first-order valence-corrected chi connectivity index (χ1v) is 15.7. The molecule has 2 aromatic carbocycles. The van der Waals surface area contributed by atoms with Gasteiger partial charge in [0.2, 0.25) is 11.8 Å². The summed E-state index contributed by atoms with van der Waals surface area (Å²) in [5.41, 5.74) is 8.12. The summed E-state index contributed by atoms with van der Waals surface area (Å²) in [5, 5.41) is 18.5. The van der Waals surface area contributed by atoms with E-state index in [1.54, 1.807) is 24.0 Å². The molecule has 0 heterocycles. The second-order valence-electron chi connectivity index (χ2n) is 12.3. The molecule has 0 aromatic heterocycles. The van der Waals surface area contributed by atoms with Gasteiger partial charge in [0.05, 0.1) is 11.5 Å². The van der Waals surface area contributed by atoms with Gasteiger partial charge in [-0.2, -0.15) is 0 Å². The Kier molecular flexibility index (Phi) is 11.3. The molecule has 1 saturated carbocycles. The summed E-state index contributed by atoms with van der Waals surface area (Å²) < 4.78 is 28.5. The monoisotopic (exact) mass is 608 g/mol. The van der Waals surface area contributed by atoms with Crippen LogP contribution in [0.4, 0.5) is 14.5 Å². The SMILES string of the molecule is CCCN(CCC)C(=O)C1=CC(C)=CC(C(N)=O)([C@H](Cc2cc(F)cc(F)c2)[C@@H](O)CNCc2cccc(NC3CC3)c2)C1. The first kappa shape index (κ1) is 33.3. The van der Waals surface area contributed by atoms with Gasteiger partial charge in [-0.3, -0.25) is 9.59 Å². The molecule has 4 rings (SSSR count). The maximum atomic E-state index is 14.3. The number of nitrogens with zero attached hydrogens (tertiary/aromatic N) is 1. The number of amides is 2. The van der Waals surface area contributed by atoms with Crippen molar-refractivity contribution in [3.63, 3.8) is 0 Å². The number of aliphatic hydroxyl groups is 1. The van der Waals surface area contributed by atoms with Gasteiger partial charge in [0.25, 0.3) is 0 Å². The number of benzene rings is 2. The number of nitrogens with two attached hydrogens (primary N) is 1. The molecule has 0 radical (unpaired) electrons. The van der Waals surface area contributed by atoms with Crippen molar-refractivity contribution in [2.45, 2.75) is 78.0 Å². The van der Waals surface area contributed by atoms with E-state index in [-0.39, 0.29) is 30.9 Å². The van der Waals surface area contributed by atoms with Crippen LogP contribution in [-0.4, -0.2) is 53.6 Å². The fourth-order valence-electron chi connectivity index (χ4n) is 6.30. The molecule has 44 heavy (non-hydrogen) atoms. The summed E-state index contributed by atoms with van der Waals surface area (Å²) in [6, 6.07) is 11.8. The Bertz CT molecular complexity index is 1360. The van der Waals surface area contributed by atoms with E-state index in [9.17, 15) is 23.5 Å². The van der Waals surface area contributed by atoms with Crippen molar-refractivity contribution in [2.75, 3.05) is 25.0 Å². The molecule has 238 valence electrons. The van der Waals surface area contributed by atoms with Crippen LogP contribution in [0.3, 0.4) is 0 Å². The Morgan fingerprint density at radius 3 is 2.36 bits per heavy atom. The van der Waals surface area contributed by atoms with Crippen molar-refractivity contribution in [1.82, 2.24) is 10.2 Å². The Morgan fingerprint density at radius 2 is 1.75 bits per heavy atom. The molecule has 3 atom stereocenters. The van der Waals surface area contributed by atoms with Crippen molar-refractivity contribution >= 4 is 17.5 Å². The van der Waals surface area contributed by atoms with Crippen LogP contribution in [0, 0.1) is 23.0 Å². The zero-order valence-electron chi connectivity index (χ0n) is 26.0. The van der Waals surface area contributed by atoms with Crippen LogP contribution in [0.2, 0.25) is 0 Å². The number of allylic oxidation sites excluding steroid dienone is 2. The van der Waals surface area contributed by atoms with Crippen LogP contribution in [0.15, 0.2) is 65.8 Å². The highest BCUT2D eigenvalue weighted by Gasteiger charge is 2.48. The quantitative estimate of drug-likeness (QED) is 0.208. The topological polar surface area (TPSA) is 108 Å². The zero-order chi connectivity index (χ0) is 31.9. The average Bonchev–Trinajstić information content (AvgIpc) is 3.78. The second-order valence-corrected chi connectivity index (χ2v) is 12.3. The van der Waals surface area contributed by atoms with Gasteiger partial charge in [-0.1, -0.05) is 43.7 Å². The minimum atomic E-state index is -1.47. The number of primary amides is 1. The molecule has 2 aliphatic carbocycles. The highest BCUT2D eigenvalue weighted by Crippen LogP contribution is 2.44. The number of nitrogens with one attached hydrogen (secondary N) is 2. The molecule has 2 aromatic rings. The summed E-state index contributed by atoms with van der Waals surface area (Å²) in [7, 11) is 0. The van der Waals surface area contributed by atoms with E-state index in [4.69, 9.17) is 5.73 Å². The van der Waals surface area contributed by atoms with Crippen molar-refractivity contribution < 1.29 is 23.5 Å². The molecule has 2 amide bonds. The van der Waals surface area contributed by atoms with E-state index >= 15 is 0 Å². The van der Waals surface area contributed by atoms with E-state index in [2.05, 4.69) is 16.7 Å². The van der Waals surface area contributed by atoms with E-state index in [0.717, 1.165) is 30.2 Å². The van der Waals surface area contributed by atoms with Crippen LogP contribution in [0.25, 0.3) is 0 Å². The first-order valence-electron chi connectivity index (χ1n) is 15.7. The molecule has 0 saturated heterocycles. The molecule has 5 N–H and O–H groups in total. The third-order valence-electron chi connectivity index (χ3n) is 8.44. The van der Waals surface area contributed by atoms with E-state index in [1.807, 2.05) is 32.0 Å². The Labute approximate surface area is 259 Å². The minimum Gasteiger partial charge on any atom is -0.391 e. The highest BCUT2D eigenvalue weighted by molar-refractivity contribution is 5.97. The Balaban J connectivity index is 1.62. The van der Waals surface area contributed by atoms with Gasteiger partial charge in [0, 0.05) is 55.5 Å². The van der Waals surface area contributed by atoms with Crippen molar-refractivity contribution in [3.8, 4) is 0 Å². The van der Waals surface area contributed by atoms with Gasteiger partial charge >= 0.3 is 0 Å². The van der Waals surface area contributed by atoms with Crippen molar-refractivity contribution in [1.29, 1.82) is 0 Å². The standard InChI is InChI=1S/C35H46F2N4O3/c1-4-11-41(12-5-2)33(43)26-13-23(3)19-35(20-26,34(38)44)31(17-25-14-27(36)18-28(37)15-25)32(42)22-39-21-24-7-6-8-30(16-24)40-29-9-10-29/h6-8,13-16,18-19,29,31-32,39-40,42H,4-5,9-12,17,20-22H2,1-3H3,(H2,38,44)/t31-,32+,35?/m1/s1. The van der Waals surface area contributed by atoms with Crippen molar-refractivity contribution in [3.05, 3.63) is 88.5 Å². The number of halogens is 2. The lowest BCUT2D eigenvalue weighted by molar-refractivity contribution is -0.132. The lowest BCUT2D eigenvalue weighted by Crippen LogP contribution is -2.51. The molecular weight excluding hydrogens is 562 g/mol. The van der Waals surface area contributed by atoms with Gasteiger partial charge < -0.3 is 26.4 Å². The van der Waals surface area contributed by atoms with Gasteiger partial charge in [0.15, 0.2) is 0 Å². The largest absolute Gasteiger partial charge is 0.391 e. The minimum absolute atomic E-state index is 0.0170. The van der Waals surface area contributed by atoms with Gasteiger partial charge in [-0.15, -0.1) is 0 Å². The summed E-state index contributed by atoms with van der Waals surface area (Å²) in [5.74, 6) is -3.25. The number of carbonyl (C=O) groups excluding carboxylic acids is 2. The Morgan fingerprint density at radius 1 is 1.07 bits per heavy atom. The van der Waals surface area contributed by atoms with E-state index in [1.165, 1.54) is 25.0 Å². The highest BCUT2D eigenvalue weighted by atomic mass is 19.1. The number of hydrogen-bond donors (Lipinski definition) is 4. The van der Waals surface area contributed by atoms with Crippen LogP contribution < -0.4 is 16.4 Å². The second kappa shape index (κ2) is 14.9. The maximum absolute atomic E-state index is 14.3. The molecule has 1 unspecified atom stereocenters. The normalized spacial score (nSPS) is 19.5. The van der Waals surface area contributed by atoms with Crippen LogP contribution >= 0.6 is 0 Å². The summed E-state index contributed by atoms with van der Waals surface area (Å²) >= 11 is 0. The third-order valence-corrected chi connectivity index (χ3v) is 8.44. The van der Waals surface area contributed by atoms with Gasteiger partial charge in [-0.25, -0.2) is 8.78 Å². The molecule has 7 nitrogen and oxygen atoms in total. The molecule has 2 aliphatic rings. The Hall–Kier alpha value is -3.56. The first-order chi connectivity index (χ1) is 21.0. The number of anilines is 1. The van der Waals surface area contributed by atoms with E-state index < -0.39 is 35.0 Å². The molecule has 0 bridgehead atoms. The summed E-state index contributed by atoms with van der Waals surface area (Å²) in [6.07, 6.45) is 6.20. The van der Waals surface area contributed by atoms with Crippen LogP contribution in [0.5, 0.6) is 0 Å². The predicted octanol–water partition coefficient (Wildman–Crippen LogP) is 5.25.